The van der Waals surface area contributed by atoms with Crippen LogP contribution >= 0.6 is 0 Å². The summed E-state index contributed by atoms with van der Waals surface area (Å²) in [6.07, 6.45) is 5.34. The summed E-state index contributed by atoms with van der Waals surface area (Å²) in [5.41, 5.74) is 1.34. The summed E-state index contributed by atoms with van der Waals surface area (Å²) in [5, 5.41) is 3.30. The molecule has 1 N–H and O–H groups in total. The molecule has 0 aliphatic carbocycles. The third kappa shape index (κ3) is 5.30. The van der Waals surface area contributed by atoms with E-state index in [0.29, 0.717) is 24.8 Å². The molecule has 0 spiro atoms. The monoisotopic (exact) mass is 438 g/mol. The lowest BCUT2D eigenvalue weighted by molar-refractivity contribution is 0.130. The molecule has 0 bridgehead atoms. The Morgan fingerprint density at radius 1 is 1.06 bits per heavy atom. The van der Waals surface area contributed by atoms with Gasteiger partial charge in [0.2, 0.25) is 5.95 Å². The van der Waals surface area contributed by atoms with E-state index in [-0.39, 0.29) is 24.2 Å². The van der Waals surface area contributed by atoms with Crippen molar-refractivity contribution < 1.29 is 9.53 Å². The number of ether oxygens (including phenoxy) is 1. The van der Waals surface area contributed by atoms with Crippen molar-refractivity contribution in [3.05, 3.63) is 48.3 Å². The van der Waals surface area contributed by atoms with Gasteiger partial charge in [0, 0.05) is 50.8 Å². The van der Waals surface area contributed by atoms with Gasteiger partial charge in [-0.3, -0.25) is 4.90 Å². The van der Waals surface area contributed by atoms with Gasteiger partial charge >= 0.3 is 6.03 Å². The van der Waals surface area contributed by atoms with Crippen LogP contribution in [-0.4, -0.2) is 77.2 Å². The van der Waals surface area contributed by atoms with E-state index in [2.05, 4.69) is 69.3 Å². The van der Waals surface area contributed by atoms with E-state index in [0.717, 1.165) is 32.5 Å². The van der Waals surface area contributed by atoms with Crippen molar-refractivity contribution in [1.29, 1.82) is 0 Å². The van der Waals surface area contributed by atoms with Gasteiger partial charge in [0.05, 0.1) is 19.5 Å². The van der Waals surface area contributed by atoms with E-state index >= 15 is 0 Å². The normalized spacial score (nSPS) is 22.6. The number of nitrogens with one attached hydrogen (secondary N) is 1. The van der Waals surface area contributed by atoms with E-state index in [9.17, 15) is 4.79 Å². The fourth-order valence-electron chi connectivity index (χ4n) is 4.79. The minimum absolute atomic E-state index is 0.0433. The molecule has 0 saturated carbocycles. The molecule has 2 aromatic rings. The number of rotatable bonds is 5. The molecule has 2 amide bonds. The fraction of sp³-hybridized carbons (Fsp3) is 0.542. The number of likely N-dealkylation sites (tertiary alicyclic amines) is 1. The van der Waals surface area contributed by atoms with E-state index in [4.69, 9.17) is 4.74 Å². The number of carbonyl (C=O) groups is 1. The molecule has 2 atom stereocenters. The molecule has 8 nitrogen and oxygen atoms in total. The van der Waals surface area contributed by atoms with Crippen LogP contribution in [-0.2, 0) is 6.54 Å². The second kappa shape index (κ2) is 10.2. The molecule has 0 unspecified atom stereocenters. The van der Waals surface area contributed by atoms with E-state index in [1.807, 2.05) is 4.90 Å². The van der Waals surface area contributed by atoms with Crippen LogP contribution < -0.4 is 15.0 Å². The molecule has 172 valence electrons. The summed E-state index contributed by atoms with van der Waals surface area (Å²) in [5.74, 6) is 1.32. The number of piperazine rings is 1. The van der Waals surface area contributed by atoms with Crippen LogP contribution in [0.1, 0.15) is 32.3 Å². The number of methoxy groups -OCH3 is 1. The Hall–Kier alpha value is -2.87. The highest BCUT2D eigenvalue weighted by atomic mass is 16.5. The van der Waals surface area contributed by atoms with Gasteiger partial charge in [0.25, 0.3) is 0 Å². The van der Waals surface area contributed by atoms with Gasteiger partial charge < -0.3 is 19.9 Å². The molecule has 2 saturated heterocycles. The number of aromatic nitrogens is 2. The van der Waals surface area contributed by atoms with Crippen molar-refractivity contribution in [1.82, 2.24) is 25.1 Å². The largest absolute Gasteiger partial charge is 0.494 e. The van der Waals surface area contributed by atoms with E-state index < -0.39 is 0 Å². The number of nitrogens with zero attached hydrogens (tertiary/aromatic N) is 5. The standard InChI is InChI=1S/C24H34N6O2/c1-18-15-29(23-25-13-22(32-3)14-26-23)16-19(2)30(18)24(31)27-21-9-11-28(12-10-21)17-20-7-5-4-6-8-20/h4-8,13-14,18-19,21H,9-12,15-17H2,1-3H3,(H,27,31)/t18-,19-/m1/s1. The molecule has 2 aliphatic rings. The first kappa shape index (κ1) is 22.3. The Kier molecular flexibility index (Phi) is 7.09. The van der Waals surface area contributed by atoms with Crippen LogP contribution in [0.5, 0.6) is 5.75 Å². The number of urea groups is 1. The highest BCUT2D eigenvalue weighted by molar-refractivity contribution is 5.75. The molecular weight excluding hydrogens is 404 g/mol. The second-order valence-electron chi connectivity index (χ2n) is 8.92. The molecule has 3 heterocycles. The Morgan fingerprint density at radius 3 is 2.28 bits per heavy atom. The highest BCUT2D eigenvalue weighted by Crippen LogP contribution is 2.21. The van der Waals surface area contributed by atoms with Gasteiger partial charge in [-0.1, -0.05) is 30.3 Å². The number of carbonyl (C=O) groups excluding carboxylic acids is 1. The molecular formula is C24H34N6O2. The number of anilines is 1. The lowest BCUT2D eigenvalue weighted by Crippen LogP contribution is -2.62. The number of piperidine rings is 1. The van der Waals surface area contributed by atoms with E-state index in [1.54, 1.807) is 19.5 Å². The maximum atomic E-state index is 13.1. The Balaban J connectivity index is 1.27. The average Bonchev–Trinajstić information content (AvgIpc) is 2.80. The second-order valence-corrected chi connectivity index (χ2v) is 8.92. The number of amides is 2. The first-order valence-corrected chi connectivity index (χ1v) is 11.5. The van der Waals surface area contributed by atoms with Crippen LogP contribution in [0.25, 0.3) is 0 Å². The summed E-state index contributed by atoms with van der Waals surface area (Å²) in [7, 11) is 1.60. The number of hydrogen-bond donors (Lipinski definition) is 1. The smallest absolute Gasteiger partial charge is 0.318 e. The molecule has 8 heteroatoms. The molecule has 2 fully saturated rings. The summed E-state index contributed by atoms with van der Waals surface area (Å²) in [6.45, 7) is 8.59. The zero-order chi connectivity index (χ0) is 22.5. The van der Waals surface area contributed by atoms with Crippen molar-refractivity contribution in [3.63, 3.8) is 0 Å². The van der Waals surface area contributed by atoms with Crippen LogP contribution in [0.15, 0.2) is 42.7 Å². The van der Waals surface area contributed by atoms with Gasteiger partial charge in [0.1, 0.15) is 0 Å². The molecule has 2 aliphatic heterocycles. The summed E-state index contributed by atoms with van der Waals surface area (Å²) in [6, 6.07) is 11.0. The van der Waals surface area contributed by atoms with Crippen molar-refractivity contribution in [2.75, 3.05) is 38.2 Å². The number of hydrogen-bond acceptors (Lipinski definition) is 6. The Morgan fingerprint density at radius 2 is 1.69 bits per heavy atom. The third-order valence-corrected chi connectivity index (χ3v) is 6.45. The van der Waals surface area contributed by atoms with Crippen LogP contribution in [0.2, 0.25) is 0 Å². The lowest BCUT2D eigenvalue weighted by Gasteiger charge is -2.45. The molecule has 0 radical (unpaired) electrons. The SMILES string of the molecule is COc1cnc(N2C[C@@H](C)N(C(=O)NC3CCN(Cc4ccccc4)CC3)[C@H](C)C2)nc1. The molecule has 32 heavy (non-hydrogen) atoms. The minimum Gasteiger partial charge on any atom is -0.494 e. The van der Waals surface area contributed by atoms with Crippen LogP contribution in [0.3, 0.4) is 0 Å². The Labute approximate surface area is 190 Å². The van der Waals surface area contributed by atoms with Crippen molar-refractivity contribution in [2.24, 2.45) is 0 Å². The zero-order valence-electron chi connectivity index (χ0n) is 19.3. The van der Waals surface area contributed by atoms with Gasteiger partial charge in [-0.2, -0.15) is 0 Å². The average molecular weight is 439 g/mol. The maximum absolute atomic E-state index is 13.1. The highest BCUT2D eigenvalue weighted by Gasteiger charge is 2.35. The van der Waals surface area contributed by atoms with Crippen LogP contribution in [0, 0.1) is 0 Å². The summed E-state index contributed by atoms with van der Waals surface area (Å²) >= 11 is 0. The minimum atomic E-state index is 0.0433. The first-order valence-electron chi connectivity index (χ1n) is 11.5. The summed E-state index contributed by atoms with van der Waals surface area (Å²) in [4.78, 5) is 28.5. The Bertz CT molecular complexity index is 858. The van der Waals surface area contributed by atoms with Crippen molar-refractivity contribution >= 4 is 12.0 Å². The van der Waals surface area contributed by atoms with Gasteiger partial charge in [-0.15, -0.1) is 0 Å². The predicted molar refractivity (Wildman–Crippen MR) is 125 cm³/mol. The zero-order valence-corrected chi connectivity index (χ0v) is 19.3. The molecule has 1 aromatic carbocycles. The maximum Gasteiger partial charge on any atom is 0.318 e. The molecule has 4 rings (SSSR count). The van der Waals surface area contributed by atoms with Crippen molar-refractivity contribution in [2.45, 2.75) is 51.4 Å². The predicted octanol–water partition coefficient (Wildman–Crippen LogP) is 2.76. The van der Waals surface area contributed by atoms with Gasteiger partial charge in [-0.25, -0.2) is 14.8 Å². The quantitative estimate of drug-likeness (QED) is 0.774. The van der Waals surface area contributed by atoms with Gasteiger partial charge in [-0.05, 0) is 32.3 Å². The van der Waals surface area contributed by atoms with Gasteiger partial charge in [0.15, 0.2) is 5.75 Å². The summed E-state index contributed by atoms with van der Waals surface area (Å²) < 4.78 is 5.15. The van der Waals surface area contributed by atoms with Crippen molar-refractivity contribution in [3.8, 4) is 5.75 Å². The topological polar surface area (TPSA) is 73.8 Å². The lowest BCUT2D eigenvalue weighted by atomic mass is 10.0. The fourth-order valence-corrected chi connectivity index (χ4v) is 4.79. The third-order valence-electron chi connectivity index (χ3n) is 6.45. The van der Waals surface area contributed by atoms with Crippen LogP contribution in [0.4, 0.5) is 10.7 Å². The van der Waals surface area contributed by atoms with E-state index in [1.165, 1.54) is 5.56 Å². The number of benzene rings is 1. The molecule has 1 aromatic heterocycles. The first-order chi connectivity index (χ1) is 15.5.